The van der Waals surface area contributed by atoms with Crippen molar-refractivity contribution in [1.82, 2.24) is 15.1 Å². The van der Waals surface area contributed by atoms with Crippen LogP contribution < -0.4 is 11.1 Å². The lowest BCUT2D eigenvalue weighted by atomic mass is 9.84. The molecule has 0 saturated heterocycles. The summed E-state index contributed by atoms with van der Waals surface area (Å²) in [6, 6.07) is 1.95. The summed E-state index contributed by atoms with van der Waals surface area (Å²) in [5.74, 6) is 0.771. The summed E-state index contributed by atoms with van der Waals surface area (Å²) in [5, 5.41) is 7.42. The number of hydrogen-bond acceptors (Lipinski definition) is 3. The summed E-state index contributed by atoms with van der Waals surface area (Å²) in [7, 11) is 1.88. The molecular formula is C16H28N4O. The van der Waals surface area contributed by atoms with Gasteiger partial charge in [-0.2, -0.15) is 5.10 Å². The predicted octanol–water partition coefficient (Wildman–Crippen LogP) is 2.18. The number of nitrogens with two attached hydrogens (primary N) is 1. The van der Waals surface area contributed by atoms with Crippen LogP contribution in [0.15, 0.2) is 6.07 Å². The van der Waals surface area contributed by atoms with Gasteiger partial charge in [0, 0.05) is 25.3 Å². The van der Waals surface area contributed by atoms with Gasteiger partial charge < -0.3 is 11.1 Å². The van der Waals surface area contributed by atoms with Crippen molar-refractivity contribution in [2.75, 3.05) is 6.54 Å². The van der Waals surface area contributed by atoms with E-state index in [1.54, 1.807) is 4.68 Å². The minimum absolute atomic E-state index is 0.0716. The van der Waals surface area contributed by atoms with E-state index in [2.05, 4.69) is 24.3 Å². The number of rotatable bonds is 5. The second kappa shape index (κ2) is 7.07. The highest BCUT2D eigenvalue weighted by molar-refractivity contribution is 5.92. The molecule has 1 heterocycles. The molecule has 1 saturated carbocycles. The maximum atomic E-state index is 12.4. The first-order chi connectivity index (χ1) is 10.0. The van der Waals surface area contributed by atoms with E-state index in [0.29, 0.717) is 24.1 Å². The molecule has 1 aliphatic rings. The summed E-state index contributed by atoms with van der Waals surface area (Å²) in [5.41, 5.74) is 7.44. The normalized spacial score (nSPS) is 18.0. The molecule has 3 N–H and O–H groups in total. The van der Waals surface area contributed by atoms with Gasteiger partial charge in [-0.25, -0.2) is 0 Å². The first-order valence-electron chi connectivity index (χ1n) is 8.07. The zero-order chi connectivity index (χ0) is 15.4. The third-order valence-corrected chi connectivity index (χ3v) is 4.53. The Hall–Kier alpha value is -1.36. The maximum absolute atomic E-state index is 12.4. The summed E-state index contributed by atoms with van der Waals surface area (Å²) < 4.78 is 1.79. The molecule has 5 nitrogen and oxygen atoms in total. The molecule has 1 aromatic rings. The van der Waals surface area contributed by atoms with Gasteiger partial charge in [-0.05, 0) is 30.7 Å². The van der Waals surface area contributed by atoms with Crippen molar-refractivity contribution in [2.24, 2.45) is 18.7 Å². The molecule has 1 aliphatic carbocycles. The van der Waals surface area contributed by atoms with Crippen LogP contribution in [0.3, 0.4) is 0 Å². The van der Waals surface area contributed by atoms with E-state index in [9.17, 15) is 4.79 Å². The predicted molar refractivity (Wildman–Crippen MR) is 84.2 cm³/mol. The van der Waals surface area contributed by atoms with Gasteiger partial charge in [0.2, 0.25) is 0 Å². The molecule has 1 atom stereocenters. The molecule has 0 bridgehead atoms. The SMILES string of the molecule is CC(C)c1cc(C(=O)NC(CN)C2CCCCC2)nn1C. The van der Waals surface area contributed by atoms with Crippen LogP contribution in [0.2, 0.25) is 0 Å². The topological polar surface area (TPSA) is 72.9 Å². The van der Waals surface area contributed by atoms with E-state index in [1.165, 1.54) is 32.1 Å². The molecule has 0 aromatic carbocycles. The van der Waals surface area contributed by atoms with Crippen LogP contribution in [0.4, 0.5) is 0 Å². The number of hydrogen-bond donors (Lipinski definition) is 2. The van der Waals surface area contributed by atoms with Gasteiger partial charge in [-0.3, -0.25) is 9.48 Å². The summed E-state index contributed by atoms with van der Waals surface area (Å²) >= 11 is 0. The Kier molecular flexibility index (Phi) is 5.39. The molecule has 0 aliphatic heterocycles. The van der Waals surface area contributed by atoms with Crippen molar-refractivity contribution in [2.45, 2.75) is 57.9 Å². The summed E-state index contributed by atoms with van der Waals surface area (Å²) in [6.45, 7) is 4.70. The summed E-state index contributed by atoms with van der Waals surface area (Å²) in [6.07, 6.45) is 6.14. The minimum atomic E-state index is -0.0986. The Bertz CT molecular complexity index is 475. The number of carbonyl (C=O) groups is 1. The molecule has 1 aromatic heterocycles. The standard InChI is InChI=1S/C16H28N4O/c1-11(2)15-9-13(19-20(15)3)16(21)18-14(10-17)12-7-5-4-6-8-12/h9,11-12,14H,4-8,10,17H2,1-3H3,(H,18,21). The second-order valence-electron chi connectivity index (χ2n) is 6.45. The zero-order valence-corrected chi connectivity index (χ0v) is 13.4. The molecule has 1 fully saturated rings. The first-order valence-corrected chi connectivity index (χ1v) is 8.07. The highest BCUT2D eigenvalue weighted by Crippen LogP contribution is 2.26. The van der Waals surface area contributed by atoms with Gasteiger partial charge in [-0.15, -0.1) is 0 Å². The quantitative estimate of drug-likeness (QED) is 0.873. The number of nitrogens with zero attached hydrogens (tertiary/aromatic N) is 2. The summed E-state index contributed by atoms with van der Waals surface area (Å²) in [4.78, 5) is 12.4. The molecule has 1 amide bonds. The molecular weight excluding hydrogens is 264 g/mol. The van der Waals surface area contributed by atoms with Crippen LogP contribution in [0.1, 0.15) is 68.1 Å². The first kappa shape index (κ1) is 16.0. The van der Waals surface area contributed by atoms with Crippen LogP contribution in [0.5, 0.6) is 0 Å². The Morgan fingerprint density at radius 1 is 1.43 bits per heavy atom. The average molecular weight is 292 g/mol. The number of carbonyl (C=O) groups excluding carboxylic acids is 1. The van der Waals surface area contributed by atoms with E-state index in [1.807, 2.05) is 13.1 Å². The van der Waals surface area contributed by atoms with Crippen molar-refractivity contribution in [3.63, 3.8) is 0 Å². The van der Waals surface area contributed by atoms with E-state index < -0.39 is 0 Å². The third-order valence-electron chi connectivity index (χ3n) is 4.53. The molecule has 0 radical (unpaired) electrons. The van der Waals surface area contributed by atoms with E-state index >= 15 is 0 Å². The molecule has 1 unspecified atom stereocenters. The molecule has 118 valence electrons. The highest BCUT2D eigenvalue weighted by atomic mass is 16.2. The Balaban J connectivity index is 2.03. The van der Waals surface area contributed by atoms with Gasteiger partial charge in [0.25, 0.3) is 5.91 Å². The van der Waals surface area contributed by atoms with E-state index in [-0.39, 0.29) is 11.9 Å². The van der Waals surface area contributed by atoms with E-state index in [4.69, 9.17) is 5.73 Å². The zero-order valence-electron chi connectivity index (χ0n) is 13.4. The van der Waals surface area contributed by atoms with Crippen LogP contribution in [0, 0.1) is 5.92 Å². The average Bonchev–Trinajstić information content (AvgIpc) is 2.87. The Labute approximate surface area is 127 Å². The molecule has 21 heavy (non-hydrogen) atoms. The van der Waals surface area contributed by atoms with Crippen LogP contribution >= 0.6 is 0 Å². The van der Waals surface area contributed by atoms with Gasteiger partial charge in [0.05, 0.1) is 0 Å². The Morgan fingerprint density at radius 2 is 2.10 bits per heavy atom. The fourth-order valence-electron chi connectivity index (χ4n) is 3.28. The van der Waals surface area contributed by atoms with Gasteiger partial charge >= 0.3 is 0 Å². The van der Waals surface area contributed by atoms with Crippen molar-refractivity contribution < 1.29 is 4.79 Å². The molecule has 0 spiro atoms. The van der Waals surface area contributed by atoms with Crippen molar-refractivity contribution in [3.8, 4) is 0 Å². The van der Waals surface area contributed by atoms with Crippen molar-refractivity contribution >= 4 is 5.91 Å². The lowest BCUT2D eigenvalue weighted by Crippen LogP contribution is -2.46. The van der Waals surface area contributed by atoms with Gasteiger partial charge in [0.1, 0.15) is 5.69 Å². The smallest absolute Gasteiger partial charge is 0.272 e. The monoisotopic (exact) mass is 292 g/mol. The molecule has 5 heteroatoms. The third kappa shape index (κ3) is 3.84. The fourth-order valence-corrected chi connectivity index (χ4v) is 3.28. The number of nitrogens with one attached hydrogen (secondary N) is 1. The van der Waals surface area contributed by atoms with Crippen LogP contribution in [0.25, 0.3) is 0 Å². The number of aromatic nitrogens is 2. The largest absolute Gasteiger partial charge is 0.346 e. The number of amides is 1. The molecule has 2 rings (SSSR count). The highest BCUT2D eigenvalue weighted by Gasteiger charge is 2.25. The van der Waals surface area contributed by atoms with Gasteiger partial charge in [0.15, 0.2) is 0 Å². The van der Waals surface area contributed by atoms with Crippen LogP contribution in [-0.4, -0.2) is 28.3 Å². The van der Waals surface area contributed by atoms with Crippen molar-refractivity contribution in [3.05, 3.63) is 17.5 Å². The number of aryl methyl sites for hydroxylation is 1. The Morgan fingerprint density at radius 3 is 2.62 bits per heavy atom. The van der Waals surface area contributed by atoms with E-state index in [0.717, 1.165) is 5.69 Å². The maximum Gasteiger partial charge on any atom is 0.272 e. The second-order valence-corrected chi connectivity index (χ2v) is 6.45. The fraction of sp³-hybridized carbons (Fsp3) is 0.750. The van der Waals surface area contributed by atoms with Gasteiger partial charge in [-0.1, -0.05) is 33.1 Å². The lowest BCUT2D eigenvalue weighted by Gasteiger charge is -2.29. The van der Waals surface area contributed by atoms with Crippen LogP contribution in [-0.2, 0) is 7.05 Å². The minimum Gasteiger partial charge on any atom is -0.346 e. The van der Waals surface area contributed by atoms with Crippen molar-refractivity contribution in [1.29, 1.82) is 0 Å². The lowest BCUT2D eigenvalue weighted by molar-refractivity contribution is 0.0909.